The predicted octanol–water partition coefficient (Wildman–Crippen LogP) is 1.93. The van der Waals surface area contributed by atoms with E-state index in [2.05, 4.69) is 32.5 Å². The van der Waals surface area contributed by atoms with Gasteiger partial charge in [0.25, 0.3) is 5.91 Å². The molecule has 0 aromatic carbocycles. The summed E-state index contributed by atoms with van der Waals surface area (Å²) in [5.41, 5.74) is 1.31. The molecule has 0 saturated heterocycles. The van der Waals surface area contributed by atoms with Crippen molar-refractivity contribution >= 4 is 11.7 Å². The number of carbonyl (C=O) groups is 1. The molecule has 2 rings (SSSR count). The van der Waals surface area contributed by atoms with Crippen LogP contribution in [0.2, 0.25) is 0 Å². The van der Waals surface area contributed by atoms with Crippen molar-refractivity contribution in [1.82, 2.24) is 20.3 Å². The average molecular weight is 285 g/mol. The van der Waals surface area contributed by atoms with Crippen LogP contribution in [-0.2, 0) is 6.54 Å². The van der Waals surface area contributed by atoms with Gasteiger partial charge in [0, 0.05) is 31.5 Å². The number of hydrogen-bond donors (Lipinski definition) is 2. The van der Waals surface area contributed by atoms with Crippen molar-refractivity contribution in [2.45, 2.75) is 26.8 Å². The lowest BCUT2D eigenvalue weighted by molar-refractivity contribution is 0.0945. The predicted molar refractivity (Wildman–Crippen MR) is 81.0 cm³/mol. The molecule has 0 aliphatic heterocycles. The fraction of sp³-hybridized carbons (Fsp3) is 0.333. The molecule has 0 unspecified atom stereocenters. The lowest BCUT2D eigenvalue weighted by Gasteiger charge is -2.08. The first-order valence-electron chi connectivity index (χ1n) is 6.95. The lowest BCUT2D eigenvalue weighted by Crippen LogP contribution is -2.24. The van der Waals surface area contributed by atoms with Crippen LogP contribution in [-0.4, -0.2) is 27.4 Å². The highest BCUT2D eigenvalue weighted by Crippen LogP contribution is 2.07. The number of pyridine rings is 1. The highest BCUT2D eigenvalue weighted by molar-refractivity contribution is 5.92. The van der Waals surface area contributed by atoms with E-state index in [4.69, 9.17) is 0 Å². The molecule has 0 spiro atoms. The van der Waals surface area contributed by atoms with Gasteiger partial charge in [0.05, 0.1) is 0 Å². The molecule has 6 nitrogen and oxygen atoms in total. The zero-order chi connectivity index (χ0) is 15.1. The van der Waals surface area contributed by atoms with Crippen molar-refractivity contribution in [2.24, 2.45) is 0 Å². The molecule has 110 valence electrons. The van der Waals surface area contributed by atoms with E-state index in [0.29, 0.717) is 23.9 Å². The van der Waals surface area contributed by atoms with Crippen molar-refractivity contribution in [3.63, 3.8) is 0 Å². The zero-order valence-electron chi connectivity index (χ0n) is 12.3. The van der Waals surface area contributed by atoms with Crippen molar-refractivity contribution in [1.29, 1.82) is 0 Å². The lowest BCUT2D eigenvalue weighted by atomic mass is 10.2. The first-order valence-corrected chi connectivity index (χ1v) is 6.95. The third kappa shape index (κ3) is 4.52. The largest absolute Gasteiger partial charge is 0.370 e. The van der Waals surface area contributed by atoms with Gasteiger partial charge < -0.3 is 10.6 Å². The third-order valence-electron chi connectivity index (χ3n) is 2.80. The minimum Gasteiger partial charge on any atom is -0.370 e. The maximum atomic E-state index is 12.1. The maximum Gasteiger partial charge on any atom is 0.270 e. The van der Waals surface area contributed by atoms with Crippen LogP contribution >= 0.6 is 0 Å². The molecule has 2 aromatic rings. The van der Waals surface area contributed by atoms with E-state index in [1.165, 1.54) is 0 Å². The Kier molecular flexibility index (Phi) is 5.20. The molecule has 1 amide bonds. The number of aromatic nitrogens is 3. The summed E-state index contributed by atoms with van der Waals surface area (Å²) >= 11 is 0. The fourth-order valence-corrected chi connectivity index (χ4v) is 1.80. The summed E-state index contributed by atoms with van der Waals surface area (Å²) in [5.74, 6) is 1.03. The molecule has 0 bridgehead atoms. The van der Waals surface area contributed by atoms with Crippen LogP contribution in [0.5, 0.6) is 0 Å². The SMILES string of the molecule is CCCNc1cc(C(=O)NCc2cccnc2)nc(C)n1. The summed E-state index contributed by atoms with van der Waals surface area (Å²) in [5, 5.41) is 5.99. The van der Waals surface area contributed by atoms with Gasteiger partial charge >= 0.3 is 0 Å². The molecule has 0 aliphatic carbocycles. The number of nitrogens with one attached hydrogen (secondary N) is 2. The summed E-state index contributed by atoms with van der Waals surface area (Å²) in [6, 6.07) is 5.41. The van der Waals surface area contributed by atoms with Gasteiger partial charge in [-0.25, -0.2) is 9.97 Å². The van der Waals surface area contributed by atoms with Crippen LogP contribution in [0.25, 0.3) is 0 Å². The van der Waals surface area contributed by atoms with Crippen LogP contribution < -0.4 is 10.6 Å². The summed E-state index contributed by atoms with van der Waals surface area (Å²) in [7, 11) is 0. The van der Waals surface area contributed by atoms with Gasteiger partial charge in [0.15, 0.2) is 0 Å². The zero-order valence-corrected chi connectivity index (χ0v) is 12.3. The Morgan fingerprint density at radius 2 is 2.19 bits per heavy atom. The second kappa shape index (κ2) is 7.33. The Labute approximate surface area is 124 Å². The minimum atomic E-state index is -0.219. The molecule has 21 heavy (non-hydrogen) atoms. The first-order chi connectivity index (χ1) is 10.2. The van der Waals surface area contributed by atoms with E-state index in [9.17, 15) is 4.79 Å². The molecule has 0 saturated carbocycles. The summed E-state index contributed by atoms with van der Waals surface area (Å²) < 4.78 is 0. The van der Waals surface area contributed by atoms with Crippen LogP contribution in [0.4, 0.5) is 5.82 Å². The van der Waals surface area contributed by atoms with Gasteiger partial charge in [-0.05, 0) is 25.0 Å². The second-order valence-electron chi connectivity index (χ2n) is 4.66. The molecule has 0 atom stereocenters. The minimum absolute atomic E-state index is 0.219. The normalized spacial score (nSPS) is 10.2. The molecule has 2 aromatic heterocycles. The molecule has 2 heterocycles. The van der Waals surface area contributed by atoms with E-state index in [0.717, 1.165) is 18.5 Å². The third-order valence-corrected chi connectivity index (χ3v) is 2.80. The smallest absolute Gasteiger partial charge is 0.270 e. The second-order valence-corrected chi connectivity index (χ2v) is 4.66. The number of amides is 1. The van der Waals surface area contributed by atoms with E-state index in [1.807, 2.05) is 12.1 Å². The van der Waals surface area contributed by atoms with Crippen molar-refractivity contribution in [3.05, 3.63) is 47.7 Å². The number of anilines is 1. The first kappa shape index (κ1) is 14.9. The number of hydrogen-bond acceptors (Lipinski definition) is 5. The number of rotatable bonds is 6. The van der Waals surface area contributed by atoms with Crippen molar-refractivity contribution in [2.75, 3.05) is 11.9 Å². The van der Waals surface area contributed by atoms with Gasteiger partial charge in [-0.1, -0.05) is 13.0 Å². The molecular weight excluding hydrogens is 266 g/mol. The summed E-state index contributed by atoms with van der Waals surface area (Å²) in [4.78, 5) is 24.6. The monoisotopic (exact) mass is 285 g/mol. The van der Waals surface area contributed by atoms with Gasteiger partial charge in [-0.3, -0.25) is 9.78 Å². The fourth-order valence-electron chi connectivity index (χ4n) is 1.80. The maximum absolute atomic E-state index is 12.1. The van der Waals surface area contributed by atoms with Crippen LogP contribution in [0, 0.1) is 6.92 Å². The van der Waals surface area contributed by atoms with E-state index >= 15 is 0 Å². The summed E-state index contributed by atoms with van der Waals surface area (Å²) in [6.07, 6.45) is 4.41. The Bertz CT molecular complexity index is 600. The highest BCUT2D eigenvalue weighted by atomic mass is 16.1. The highest BCUT2D eigenvalue weighted by Gasteiger charge is 2.10. The Morgan fingerprint density at radius 3 is 2.90 bits per heavy atom. The number of nitrogens with zero attached hydrogens (tertiary/aromatic N) is 3. The van der Waals surface area contributed by atoms with E-state index in [1.54, 1.807) is 25.4 Å². The van der Waals surface area contributed by atoms with Crippen molar-refractivity contribution < 1.29 is 4.79 Å². The van der Waals surface area contributed by atoms with E-state index < -0.39 is 0 Å². The topological polar surface area (TPSA) is 79.8 Å². The Balaban J connectivity index is 2.03. The van der Waals surface area contributed by atoms with Gasteiger partial charge in [-0.15, -0.1) is 0 Å². The average Bonchev–Trinajstić information content (AvgIpc) is 2.51. The van der Waals surface area contributed by atoms with Crippen LogP contribution in [0.3, 0.4) is 0 Å². The Morgan fingerprint density at radius 1 is 1.33 bits per heavy atom. The molecular formula is C15H19N5O. The quantitative estimate of drug-likeness (QED) is 0.847. The molecule has 6 heteroatoms. The number of aryl methyl sites for hydroxylation is 1. The Hall–Kier alpha value is -2.50. The van der Waals surface area contributed by atoms with Crippen LogP contribution in [0.15, 0.2) is 30.6 Å². The van der Waals surface area contributed by atoms with Crippen LogP contribution in [0.1, 0.15) is 35.2 Å². The number of carbonyl (C=O) groups excluding carboxylic acids is 1. The molecule has 2 N–H and O–H groups in total. The van der Waals surface area contributed by atoms with E-state index in [-0.39, 0.29) is 5.91 Å². The van der Waals surface area contributed by atoms with Gasteiger partial charge in [0.1, 0.15) is 17.3 Å². The van der Waals surface area contributed by atoms with Gasteiger partial charge in [-0.2, -0.15) is 0 Å². The van der Waals surface area contributed by atoms with Gasteiger partial charge in [0.2, 0.25) is 0 Å². The molecule has 0 fully saturated rings. The summed E-state index contributed by atoms with van der Waals surface area (Å²) in [6.45, 7) is 5.08. The standard InChI is InChI=1S/C15H19N5O/c1-3-6-17-14-8-13(19-11(2)20-14)15(21)18-10-12-5-4-7-16-9-12/h4-5,7-9H,3,6,10H2,1-2H3,(H,18,21)(H,17,19,20). The molecule has 0 aliphatic rings. The molecule has 0 radical (unpaired) electrons. The van der Waals surface area contributed by atoms with Crippen molar-refractivity contribution in [3.8, 4) is 0 Å².